The minimum absolute atomic E-state index is 0.0589. The number of nitrogens with zero attached hydrogens (tertiary/aromatic N) is 1. The van der Waals surface area contributed by atoms with Gasteiger partial charge in [-0.3, -0.25) is 4.79 Å². The van der Waals surface area contributed by atoms with Gasteiger partial charge in [-0.15, -0.1) is 0 Å². The largest absolute Gasteiger partial charge is 0.494 e. The Morgan fingerprint density at radius 3 is 2.19 bits per heavy atom. The third-order valence-corrected chi connectivity index (χ3v) is 5.97. The maximum absolute atomic E-state index is 12.8. The summed E-state index contributed by atoms with van der Waals surface area (Å²) in [5.41, 5.74) is 1.64. The molecule has 1 unspecified atom stereocenters. The fourth-order valence-electron chi connectivity index (χ4n) is 2.53. The van der Waals surface area contributed by atoms with Crippen molar-refractivity contribution < 1.29 is 23.1 Å². The van der Waals surface area contributed by atoms with Gasteiger partial charge in [-0.1, -0.05) is 29.8 Å². The highest BCUT2D eigenvalue weighted by Gasteiger charge is 2.32. The fourth-order valence-corrected chi connectivity index (χ4v) is 3.84. The van der Waals surface area contributed by atoms with Gasteiger partial charge in [-0.05, 0) is 50.1 Å². The molecule has 0 aliphatic carbocycles. The van der Waals surface area contributed by atoms with Gasteiger partial charge in [-0.25, -0.2) is 8.42 Å². The number of hydrogen-bond acceptors (Lipinski definition) is 4. The highest BCUT2D eigenvalue weighted by Crippen LogP contribution is 2.21. The predicted molar refractivity (Wildman–Crippen MR) is 98.9 cm³/mol. The van der Waals surface area contributed by atoms with Crippen LogP contribution in [0.5, 0.6) is 5.75 Å². The van der Waals surface area contributed by atoms with E-state index in [1.54, 1.807) is 36.4 Å². The number of sulfonamides is 1. The number of hydrogen-bond donors (Lipinski definition) is 1. The number of carboxylic acids is 1. The van der Waals surface area contributed by atoms with Gasteiger partial charge in [0.2, 0.25) is 10.0 Å². The second-order valence-electron chi connectivity index (χ2n) is 5.97. The van der Waals surface area contributed by atoms with Gasteiger partial charge in [0, 0.05) is 7.05 Å². The van der Waals surface area contributed by atoms with E-state index in [0.717, 1.165) is 9.87 Å². The van der Waals surface area contributed by atoms with Gasteiger partial charge in [0.1, 0.15) is 11.8 Å². The van der Waals surface area contributed by atoms with Crippen molar-refractivity contribution in [3.8, 4) is 5.75 Å². The van der Waals surface area contributed by atoms with Crippen LogP contribution in [0.4, 0.5) is 0 Å². The first-order chi connectivity index (χ1) is 12.3. The molecule has 7 heteroatoms. The number of likely N-dealkylation sites (N-methyl/N-ethyl adjacent to an activating group) is 1. The zero-order chi connectivity index (χ0) is 19.3. The second kappa shape index (κ2) is 8.33. The van der Waals surface area contributed by atoms with E-state index < -0.39 is 22.0 Å². The van der Waals surface area contributed by atoms with E-state index in [0.29, 0.717) is 17.9 Å². The van der Waals surface area contributed by atoms with Gasteiger partial charge >= 0.3 is 5.97 Å². The highest BCUT2D eigenvalue weighted by molar-refractivity contribution is 7.89. The van der Waals surface area contributed by atoms with Gasteiger partial charge < -0.3 is 9.84 Å². The molecular formula is C19H23NO5S. The van der Waals surface area contributed by atoms with E-state index in [4.69, 9.17) is 4.74 Å². The summed E-state index contributed by atoms with van der Waals surface area (Å²) in [6.07, 6.45) is 0.0589. The van der Waals surface area contributed by atoms with E-state index in [1.807, 2.05) is 13.8 Å². The summed E-state index contributed by atoms with van der Waals surface area (Å²) in [5, 5.41) is 9.57. The van der Waals surface area contributed by atoms with Crippen molar-refractivity contribution in [3.63, 3.8) is 0 Å². The number of carbonyl (C=O) groups is 1. The van der Waals surface area contributed by atoms with Crippen LogP contribution < -0.4 is 4.74 Å². The number of ether oxygens (including phenoxy) is 1. The maximum atomic E-state index is 12.8. The third kappa shape index (κ3) is 4.62. The van der Waals surface area contributed by atoms with Crippen molar-refractivity contribution in [1.82, 2.24) is 4.31 Å². The molecule has 26 heavy (non-hydrogen) atoms. The highest BCUT2D eigenvalue weighted by atomic mass is 32.2. The summed E-state index contributed by atoms with van der Waals surface area (Å²) in [5.74, 6) is -0.513. The lowest BCUT2D eigenvalue weighted by molar-refractivity contribution is -0.141. The molecule has 0 fully saturated rings. The lowest BCUT2D eigenvalue weighted by atomic mass is 10.1. The molecule has 6 nitrogen and oxygen atoms in total. The SMILES string of the molecule is CCOc1ccc(CC(C(=O)O)N(C)S(=O)(=O)c2ccc(C)cc2)cc1. The molecule has 0 aliphatic rings. The van der Waals surface area contributed by atoms with Crippen LogP contribution >= 0.6 is 0 Å². The average molecular weight is 377 g/mol. The Morgan fingerprint density at radius 2 is 1.69 bits per heavy atom. The monoisotopic (exact) mass is 377 g/mol. The summed E-state index contributed by atoms with van der Waals surface area (Å²) in [7, 11) is -2.61. The van der Waals surface area contributed by atoms with Crippen molar-refractivity contribution in [2.75, 3.05) is 13.7 Å². The van der Waals surface area contributed by atoms with Crippen LogP contribution in [0.25, 0.3) is 0 Å². The minimum atomic E-state index is -3.91. The van der Waals surface area contributed by atoms with Crippen LogP contribution in [0.1, 0.15) is 18.1 Å². The van der Waals surface area contributed by atoms with Crippen LogP contribution in [0.3, 0.4) is 0 Å². The molecule has 0 aliphatic heterocycles. The Bertz CT molecular complexity index is 845. The van der Waals surface area contributed by atoms with Crippen molar-refractivity contribution >= 4 is 16.0 Å². The smallest absolute Gasteiger partial charge is 0.322 e. The molecule has 140 valence electrons. The predicted octanol–water partition coefficient (Wildman–Crippen LogP) is 2.71. The number of carboxylic acid groups (broad SMARTS) is 1. The molecule has 0 heterocycles. The van der Waals surface area contributed by atoms with Crippen molar-refractivity contribution in [1.29, 1.82) is 0 Å². The van der Waals surface area contributed by atoms with Crippen LogP contribution in [0.2, 0.25) is 0 Å². The Labute approximate surface area is 154 Å². The Balaban J connectivity index is 2.25. The van der Waals surface area contributed by atoms with Crippen LogP contribution in [0.15, 0.2) is 53.4 Å². The van der Waals surface area contributed by atoms with Crippen LogP contribution in [-0.4, -0.2) is 43.5 Å². The molecule has 0 saturated heterocycles. The molecule has 2 aromatic carbocycles. The number of rotatable bonds is 8. The lowest BCUT2D eigenvalue weighted by Crippen LogP contribution is -2.43. The molecule has 1 N–H and O–H groups in total. The van der Waals surface area contributed by atoms with Crippen molar-refractivity contribution in [2.45, 2.75) is 31.2 Å². The van der Waals surface area contributed by atoms with E-state index in [2.05, 4.69) is 0 Å². The van der Waals surface area contributed by atoms with E-state index in [1.165, 1.54) is 19.2 Å². The van der Waals surface area contributed by atoms with E-state index >= 15 is 0 Å². The van der Waals surface area contributed by atoms with Gasteiger partial charge in [0.15, 0.2) is 0 Å². The zero-order valence-corrected chi connectivity index (χ0v) is 15.9. The van der Waals surface area contributed by atoms with Crippen molar-refractivity contribution in [3.05, 3.63) is 59.7 Å². The van der Waals surface area contributed by atoms with Crippen LogP contribution in [0, 0.1) is 6.92 Å². The molecule has 0 saturated carbocycles. The first-order valence-electron chi connectivity index (χ1n) is 8.25. The second-order valence-corrected chi connectivity index (χ2v) is 7.97. The summed E-state index contributed by atoms with van der Waals surface area (Å²) in [6, 6.07) is 12.1. The van der Waals surface area contributed by atoms with Gasteiger partial charge in [0.25, 0.3) is 0 Å². The lowest BCUT2D eigenvalue weighted by Gasteiger charge is -2.24. The number of benzene rings is 2. The maximum Gasteiger partial charge on any atom is 0.322 e. The van der Waals surface area contributed by atoms with Crippen molar-refractivity contribution in [2.24, 2.45) is 0 Å². The first kappa shape index (κ1) is 19.9. The molecule has 0 radical (unpaired) electrons. The summed E-state index contributed by atoms with van der Waals surface area (Å²) in [4.78, 5) is 11.8. The summed E-state index contributed by atoms with van der Waals surface area (Å²) < 4.78 is 31.8. The molecule has 0 spiro atoms. The normalized spacial score (nSPS) is 12.8. The molecule has 1 atom stereocenters. The average Bonchev–Trinajstić information content (AvgIpc) is 2.61. The fraction of sp³-hybridized carbons (Fsp3) is 0.316. The van der Waals surface area contributed by atoms with Gasteiger partial charge in [0.05, 0.1) is 11.5 Å². The molecule has 2 aromatic rings. The Kier molecular flexibility index (Phi) is 6.39. The molecule has 0 aromatic heterocycles. The number of aryl methyl sites for hydroxylation is 1. The zero-order valence-electron chi connectivity index (χ0n) is 15.0. The standard InChI is InChI=1S/C19H23NO5S/c1-4-25-16-9-7-15(8-10-16)13-18(19(21)22)20(3)26(23,24)17-11-5-14(2)6-12-17/h5-12,18H,4,13H2,1-3H3,(H,21,22). The quantitative estimate of drug-likeness (QED) is 0.765. The minimum Gasteiger partial charge on any atom is -0.494 e. The summed E-state index contributed by atoms with van der Waals surface area (Å²) >= 11 is 0. The van der Waals surface area contributed by atoms with E-state index in [-0.39, 0.29) is 11.3 Å². The van der Waals surface area contributed by atoms with E-state index in [9.17, 15) is 18.3 Å². The Morgan fingerprint density at radius 1 is 1.12 bits per heavy atom. The van der Waals surface area contributed by atoms with Gasteiger partial charge in [-0.2, -0.15) is 4.31 Å². The summed E-state index contributed by atoms with van der Waals surface area (Å²) in [6.45, 7) is 4.26. The molecule has 2 rings (SSSR count). The molecule has 0 bridgehead atoms. The third-order valence-electron chi connectivity index (χ3n) is 4.09. The first-order valence-corrected chi connectivity index (χ1v) is 9.69. The van der Waals surface area contributed by atoms with Crippen LogP contribution in [-0.2, 0) is 21.2 Å². The molecular weight excluding hydrogens is 354 g/mol. The number of aliphatic carboxylic acids is 1. The Hall–Kier alpha value is -2.38. The molecule has 0 amide bonds. The topological polar surface area (TPSA) is 83.9 Å².